The Labute approximate surface area is 207 Å². The zero-order chi connectivity index (χ0) is 22.0. The van der Waals surface area contributed by atoms with Gasteiger partial charge in [0.2, 0.25) is 11.8 Å². The van der Waals surface area contributed by atoms with Crippen LogP contribution in [0.5, 0.6) is 0 Å². The van der Waals surface area contributed by atoms with E-state index in [2.05, 4.69) is 27.8 Å². The van der Waals surface area contributed by atoms with E-state index in [0.717, 1.165) is 31.4 Å². The number of likely N-dealkylation sites (N-methyl/N-ethyl adjacent to an activating group) is 1. The molecule has 0 heterocycles. The Balaban J connectivity index is 0.00000480. The van der Waals surface area contributed by atoms with Crippen molar-refractivity contribution in [2.45, 2.75) is 30.6 Å². The van der Waals surface area contributed by atoms with Crippen LogP contribution < -0.4 is 10.6 Å². The first kappa shape index (κ1) is 27.5. The van der Waals surface area contributed by atoms with Crippen molar-refractivity contribution in [3.8, 4) is 0 Å². The Hall–Kier alpha value is -1.49. The lowest BCUT2D eigenvalue weighted by molar-refractivity contribution is -0.138. The topological polar surface area (TPSA) is 77.0 Å². The second kappa shape index (κ2) is 13.8. The average molecular weight is 562 g/mol. The van der Waals surface area contributed by atoms with E-state index in [0.29, 0.717) is 19.0 Å². The summed E-state index contributed by atoms with van der Waals surface area (Å²) in [5, 5.41) is 6.66. The van der Waals surface area contributed by atoms with Crippen LogP contribution in [0.15, 0.2) is 40.2 Å². The largest absolute Gasteiger partial charge is 0.356 e. The van der Waals surface area contributed by atoms with Crippen LogP contribution in [0, 0.1) is 5.41 Å². The van der Waals surface area contributed by atoms with Gasteiger partial charge in [-0.1, -0.05) is 31.0 Å². The summed E-state index contributed by atoms with van der Waals surface area (Å²) in [5.41, 5.74) is -0.393. The number of halogens is 1. The van der Waals surface area contributed by atoms with E-state index < -0.39 is 5.41 Å². The Morgan fingerprint density at radius 2 is 1.68 bits per heavy atom. The molecule has 1 saturated carbocycles. The molecule has 31 heavy (non-hydrogen) atoms. The van der Waals surface area contributed by atoms with Gasteiger partial charge in [0.15, 0.2) is 5.96 Å². The molecule has 0 aromatic heterocycles. The molecule has 0 saturated heterocycles. The van der Waals surface area contributed by atoms with Crippen molar-refractivity contribution in [3.63, 3.8) is 0 Å². The molecule has 0 spiro atoms. The van der Waals surface area contributed by atoms with Crippen molar-refractivity contribution in [3.05, 3.63) is 30.3 Å². The summed E-state index contributed by atoms with van der Waals surface area (Å²) >= 11 is 1.76. The van der Waals surface area contributed by atoms with Gasteiger partial charge in [-0.3, -0.25) is 9.59 Å². The highest BCUT2D eigenvalue weighted by molar-refractivity contribution is 14.0. The van der Waals surface area contributed by atoms with E-state index in [9.17, 15) is 9.59 Å². The third-order valence-electron chi connectivity index (χ3n) is 5.29. The number of amides is 2. The minimum Gasteiger partial charge on any atom is -0.356 e. The highest BCUT2D eigenvalue weighted by atomic mass is 127. The van der Waals surface area contributed by atoms with Gasteiger partial charge in [-0.25, -0.2) is 4.99 Å². The van der Waals surface area contributed by atoms with Crippen LogP contribution >= 0.6 is 35.7 Å². The second-order valence-electron chi connectivity index (χ2n) is 8.08. The van der Waals surface area contributed by atoms with Crippen LogP contribution in [0.2, 0.25) is 0 Å². The smallest absolute Gasteiger partial charge is 0.243 e. The summed E-state index contributed by atoms with van der Waals surface area (Å²) in [6.07, 6.45) is 3.89. The van der Waals surface area contributed by atoms with Gasteiger partial charge in [0.25, 0.3) is 0 Å². The zero-order valence-corrected chi connectivity index (χ0v) is 22.2. The molecule has 0 aliphatic heterocycles. The number of rotatable bonds is 9. The van der Waals surface area contributed by atoms with Crippen molar-refractivity contribution in [1.82, 2.24) is 20.4 Å². The summed E-state index contributed by atoms with van der Waals surface area (Å²) in [7, 11) is 7.06. The normalized spacial score (nSPS) is 15.0. The third kappa shape index (κ3) is 8.88. The van der Waals surface area contributed by atoms with Crippen LogP contribution in [0.4, 0.5) is 0 Å². The lowest BCUT2D eigenvalue weighted by atomic mass is 9.84. The molecule has 0 radical (unpaired) electrons. The van der Waals surface area contributed by atoms with Gasteiger partial charge in [-0.2, -0.15) is 0 Å². The average Bonchev–Trinajstić information content (AvgIpc) is 3.22. The van der Waals surface area contributed by atoms with E-state index in [4.69, 9.17) is 0 Å². The van der Waals surface area contributed by atoms with Crippen molar-refractivity contribution in [1.29, 1.82) is 0 Å². The van der Waals surface area contributed by atoms with Crippen molar-refractivity contribution in [2.75, 3.05) is 53.6 Å². The van der Waals surface area contributed by atoms with Crippen LogP contribution in [0.1, 0.15) is 25.7 Å². The number of nitrogens with one attached hydrogen (secondary N) is 2. The highest BCUT2D eigenvalue weighted by Gasteiger charge is 2.42. The zero-order valence-electron chi connectivity index (χ0n) is 19.0. The summed E-state index contributed by atoms with van der Waals surface area (Å²) < 4.78 is 0. The first-order valence-corrected chi connectivity index (χ1v) is 11.4. The van der Waals surface area contributed by atoms with Crippen LogP contribution in [-0.2, 0) is 9.59 Å². The van der Waals surface area contributed by atoms with E-state index in [1.165, 1.54) is 9.80 Å². The van der Waals surface area contributed by atoms with Gasteiger partial charge >= 0.3 is 0 Å². The first-order chi connectivity index (χ1) is 14.3. The quantitative estimate of drug-likeness (QED) is 0.160. The third-order valence-corrected chi connectivity index (χ3v) is 6.31. The maximum absolute atomic E-state index is 12.8. The minimum atomic E-state index is -0.393. The van der Waals surface area contributed by atoms with E-state index in [1.807, 2.05) is 32.3 Å². The van der Waals surface area contributed by atoms with Gasteiger partial charge in [0.1, 0.15) is 6.54 Å². The predicted octanol–water partition coefficient (Wildman–Crippen LogP) is 2.67. The summed E-state index contributed by atoms with van der Waals surface area (Å²) in [6, 6.07) is 10.2. The fourth-order valence-electron chi connectivity index (χ4n) is 3.56. The van der Waals surface area contributed by atoms with Crippen LogP contribution in [0.25, 0.3) is 0 Å². The van der Waals surface area contributed by atoms with Crippen molar-refractivity contribution >= 4 is 53.5 Å². The monoisotopic (exact) mass is 561 g/mol. The fourth-order valence-corrected chi connectivity index (χ4v) is 4.35. The number of nitrogens with zero attached hydrogens (tertiary/aromatic N) is 3. The molecule has 9 heteroatoms. The highest BCUT2D eigenvalue weighted by Crippen LogP contribution is 2.38. The first-order valence-electron chi connectivity index (χ1n) is 10.5. The fraction of sp³-hybridized carbons (Fsp3) is 0.591. The molecule has 1 aliphatic rings. The number of benzene rings is 1. The van der Waals surface area contributed by atoms with Gasteiger partial charge in [-0.05, 0) is 25.0 Å². The number of hydrogen-bond acceptors (Lipinski definition) is 4. The SMILES string of the molecule is CN(C)C(=O)CN=C(NCCSc1ccccc1)NCC1(C(=O)N(C)C)CCCC1.I. The molecule has 174 valence electrons. The van der Waals surface area contributed by atoms with Gasteiger partial charge in [0.05, 0.1) is 5.41 Å². The molecule has 0 bridgehead atoms. The van der Waals surface area contributed by atoms with Crippen molar-refractivity contribution < 1.29 is 9.59 Å². The van der Waals surface area contributed by atoms with Gasteiger partial charge in [-0.15, -0.1) is 35.7 Å². The molecule has 0 atom stereocenters. The molecule has 1 aliphatic carbocycles. The molecule has 2 rings (SSSR count). The standard InChI is InChI=1S/C22H35N5O2S.HI/c1-26(2)19(28)16-24-21(23-14-15-30-18-10-6-5-7-11-18)25-17-22(12-8-9-13-22)20(29)27(3)4;/h5-7,10-11H,8-9,12-17H2,1-4H3,(H2,23,24,25);1H. The van der Waals surface area contributed by atoms with Crippen LogP contribution in [-0.4, -0.2) is 81.2 Å². The molecule has 1 aromatic carbocycles. The summed E-state index contributed by atoms with van der Waals surface area (Å²) in [4.78, 5) is 33.7. The number of guanidine groups is 1. The second-order valence-corrected chi connectivity index (χ2v) is 9.25. The number of thioether (sulfide) groups is 1. The Morgan fingerprint density at radius 1 is 1.03 bits per heavy atom. The Bertz CT molecular complexity index is 722. The number of carbonyl (C=O) groups is 2. The summed E-state index contributed by atoms with van der Waals surface area (Å²) in [5.74, 6) is 1.55. The van der Waals surface area contributed by atoms with E-state index in [-0.39, 0.29) is 42.3 Å². The molecule has 7 nitrogen and oxygen atoms in total. The Morgan fingerprint density at radius 3 is 2.26 bits per heavy atom. The van der Waals surface area contributed by atoms with Crippen LogP contribution in [0.3, 0.4) is 0 Å². The molecular formula is C22H36IN5O2S. The molecule has 1 fully saturated rings. The number of aliphatic imine (C=N–C) groups is 1. The molecule has 1 aromatic rings. The lowest BCUT2D eigenvalue weighted by Gasteiger charge is -2.31. The Kier molecular flexibility index (Phi) is 12.3. The molecule has 2 N–H and O–H groups in total. The van der Waals surface area contributed by atoms with E-state index >= 15 is 0 Å². The van der Waals surface area contributed by atoms with E-state index in [1.54, 1.807) is 30.8 Å². The predicted molar refractivity (Wildman–Crippen MR) is 139 cm³/mol. The number of hydrogen-bond donors (Lipinski definition) is 2. The van der Waals surface area contributed by atoms with Gasteiger partial charge in [0, 0.05) is 51.9 Å². The van der Waals surface area contributed by atoms with Gasteiger partial charge < -0.3 is 20.4 Å². The molecular weight excluding hydrogens is 525 g/mol. The molecule has 2 amide bonds. The maximum Gasteiger partial charge on any atom is 0.243 e. The lowest BCUT2D eigenvalue weighted by Crippen LogP contribution is -2.49. The van der Waals surface area contributed by atoms with Crippen molar-refractivity contribution in [2.24, 2.45) is 10.4 Å². The molecule has 0 unspecified atom stereocenters. The summed E-state index contributed by atoms with van der Waals surface area (Å²) in [6.45, 7) is 1.30. The maximum atomic E-state index is 12.8. The minimum absolute atomic E-state index is 0. The number of carbonyl (C=O) groups excluding carboxylic acids is 2.